The molecule has 4 nitrogen and oxygen atoms in total. The topological polar surface area (TPSA) is 59.1 Å². The highest BCUT2D eigenvalue weighted by Gasteiger charge is 2.15. The van der Waals surface area contributed by atoms with E-state index < -0.39 is 15.8 Å². The van der Waals surface area contributed by atoms with E-state index in [2.05, 4.69) is 28.8 Å². The van der Waals surface area contributed by atoms with Gasteiger partial charge >= 0.3 is 0 Å². The first kappa shape index (κ1) is 19.2. The number of aromatic nitrogens is 1. The molecule has 1 N–H and O–H groups in total. The van der Waals surface area contributed by atoms with E-state index in [9.17, 15) is 12.8 Å². The van der Waals surface area contributed by atoms with Crippen LogP contribution in [0.25, 0.3) is 21.9 Å². The fourth-order valence-corrected chi connectivity index (χ4v) is 4.39. The van der Waals surface area contributed by atoms with Crippen LogP contribution in [0, 0.1) is 12.7 Å². The summed E-state index contributed by atoms with van der Waals surface area (Å²) in [5.74, 6) is -0.479. The van der Waals surface area contributed by atoms with Crippen molar-refractivity contribution < 1.29 is 12.8 Å². The van der Waals surface area contributed by atoms with Crippen LogP contribution in [0.4, 0.5) is 4.39 Å². The van der Waals surface area contributed by atoms with Crippen molar-refractivity contribution in [1.29, 1.82) is 0 Å². The van der Waals surface area contributed by atoms with Gasteiger partial charge in [-0.1, -0.05) is 36.4 Å². The molecule has 0 atom stereocenters. The SMILES string of the molecule is Cc1ccccc1-c1ccc(CNS(=O)(=O)c2ccc(F)cc2)c2cnccc12. The van der Waals surface area contributed by atoms with Crippen molar-refractivity contribution in [1.82, 2.24) is 9.71 Å². The molecule has 0 aliphatic rings. The van der Waals surface area contributed by atoms with E-state index in [1.807, 2.05) is 30.3 Å². The van der Waals surface area contributed by atoms with Crippen LogP contribution in [0.15, 0.2) is 84.0 Å². The number of rotatable bonds is 5. The van der Waals surface area contributed by atoms with Crippen LogP contribution in [0.3, 0.4) is 0 Å². The van der Waals surface area contributed by atoms with Gasteiger partial charge < -0.3 is 0 Å². The van der Waals surface area contributed by atoms with Gasteiger partial charge in [0.15, 0.2) is 0 Å². The molecule has 0 spiro atoms. The Labute approximate surface area is 169 Å². The Bertz CT molecular complexity index is 1290. The summed E-state index contributed by atoms with van der Waals surface area (Å²) in [7, 11) is -3.75. The Morgan fingerprint density at radius 3 is 2.41 bits per heavy atom. The van der Waals surface area contributed by atoms with Gasteiger partial charge in [0.05, 0.1) is 4.90 Å². The van der Waals surface area contributed by atoms with Crippen molar-refractivity contribution in [3.63, 3.8) is 0 Å². The molecule has 4 aromatic rings. The third kappa shape index (κ3) is 3.90. The molecular formula is C23H19FN2O2S. The van der Waals surface area contributed by atoms with E-state index in [4.69, 9.17) is 0 Å². The van der Waals surface area contributed by atoms with Crippen molar-refractivity contribution in [3.05, 3.63) is 96.1 Å². The number of aryl methyl sites for hydroxylation is 1. The quantitative estimate of drug-likeness (QED) is 0.517. The lowest BCUT2D eigenvalue weighted by Crippen LogP contribution is -2.23. The number of hydrogen-bond donors (Lipinski definition) is 1. The van der Waals surface area contributed by atoms with Gasteiger partial charge in [0.2, 0.25) is 10.0 Å². The summed E-state index contributed by atoms with van der Waals surface area (Å²) in [6.07, 6.45) is 3.48. The largest absolute Gasteiger partial charge is 0.264 e. The monoisotopic (exact) mass is 406 g/mol. The van der Waals surface area contributed by atoms with Crippen LogP contribution in [0.5, 0.6) is 0 Å². The Balaban J connectivity index is 1.70. The summed E-state index contributed by atoms with van der Waals surface area (Å²) >= 11 is 0. The summed E-state index contributed by atoms with van der Waals surface area (Å²) in [4.78, 5) is 4.25. The van der Waals surface area contributed by atoms with Gasteiger partial charge in [-0.05, 0) is 64.9 Å². The number of halogens is 1. The van der Waals surface area contributed by atoms with Gasteiger partial charge in [-0.2, -0.15) is 0 Å². The molecule has 0 saturated heterocycles. The van der Waals surface area contributed by atoms with Gasteiger partial charge in [-0.15, -0.1) is 0 Å². The molecule has 1 aromatic heterocycles. The molecule has 6 heteroatoms. The van der Waals surface area contributed by atoms with Crippen LogP contribution in [0.1, 0.15) is 11.1 Å². The van der Waals surface area contributed by atoms with Crippen LogP contribution in [-0.2, 0) is 16.6 Å². The van der Waals surface area contributed by atoms with Crippen LogP contribution in [-0.4, -0.2) is 13.4 Å². The third-order valence-electron chi connectivity index (χ3n) is 4.92. The minimum Gasteiger partial charge on any atom is -0.264 e. The molecular weight excluding hydrogens is 387 g/mol. The summed E-state index contributed by atoms with van der Waals surface area (Å²) < 4.78 is 40.8. The molecule has 0 aliphatic heterocycles. The third-order valence-corrected chi connectivity index (χ3v) is 6.34. The van der Waals surface area contributed by atoms with E-state index in [1.165, 1.54) is 12.1 Å². The predicted molar refractivity (Wildman–Crippen MR) is 112 cm³/mol. The zero-order valence-electron chi connectivity index (χ0n) is 15.8. The van der Waals surface area contributed by atoms with Crippen molar-refractivity contribution >= 4 is 20.8 Å². The molecule has 1 heterocycles. The second kappa shape index (κ2) is 7.73. The molecule has 4 rings (SSSR count). The molecule has 0 bridgehead atoms. The second-order valence-electron chi connectivity index (χ2n) is 6.79. The molecule has 0 saturated carbocycles. The molecule has 146 valence electrons. The molecule has 0 fully saturated rings. The highest BCUT2D eigenvalue weighted by Crippen LogP contribution is 2.32. The average molecular weight is 406 g/mol. The molecule has 0 unspecified atom stereocenters. The molecule has 0 radical (unpaired) electrons. The molecule has 0 amide bonds. The first-order chi connectivity index (χ1) is 14.0. The highest BCUT2D eigenvalue weighted by molar-refractivity contribution is 7.89. The van der Waals surface area contributed by atoms with Gasteiger partial charge in [-0.3, -0.25) is 4.98 Å². The fourth-order valence-electron chi connectivity index (χ4n) is 3.38. The first-order valence-corrected chi connectivity index (χ1v) is 10.6. The van der Waals surface area contributed by atoms with Crippen molar-refractivity contribution in [2.45, 2.75) is 18.4 Å². The van der Waals surface area contributed by atoms with Crippen LogP contribution in [0.2, 0.25) is 0 Å². The number of sulfonamides is 1. The predicted octanol–water partition coefficient (Wildman–Crippen LogP) is 4.83. The van der Waals surface area contributed by atoms with Gasteiger partial charge in [0.25, 0.3) is 0 Å². The molecule has 3 aromatic carbocycles. The molecule has 29 heavy (non-hydrogen) atoms. The minimum atomic E-state index is -3.75. The van der Waals surface area contributed by atoms with E-state index >= 15 is 0 Å². The Kier molecular flexibility index (Phi) is 5.13. The van der Waals surface area contributed by atoms with Gasteiger partial charge in [0, 0.05) is 24.3 Å². The number of benzene rings is 3. The maximum Gasteiger partial charge on any atom is 0.240 e. The zero-order chi connectivity index (χ0) is 20.4. The Morgan fingerprint density at radius 2 is 1.66 bits per heavy atom. The fraction of sp³-hybridized carbons (Fsp3) is 0.0870. The van der Waals surface area contributed by atoms with Gasteiger partial charge in [-0.25, -0.2) is 17.5 Å². The van der Waals surface area contributed by atoms with Crippen LogP contribution >= 0.6 is 0 Å². The van der Waals surface area contributed by atoms with Crippen LogP contribution < -0.4 is 4.72 Å². The van der Waals surface area contributed by atoms with E-state index in [-0.39, 0.29) is 11.4 Å². The number of nitrogens with zero attached hydrogens (tertiary/aromatic N) is 1. The van der Waals surface area contributed by atoms with Gasteiger partial charge in [0.1, 0.15) is 5.82 Å². The maximum atomic E-state index is 13.1. The normalized spacial score (nSPS) is 11.7. The van der Waals surface area contributed by atoms with Crippen molar-refractivity contribution in [3.8, 4) is 11.1 Å². The Morgan fingerprint density at radius 1 is 0.897 bits per heavy atom. The maximum absolute atomic E-state index is 13.1. The number of hydrogen-bond acceptors (Lipinski definition) is 3. The zero-order valence-corrected chi connectivity index (χ0v) is 16.6. The molecule has 0 aliphatic carbocycles. The summed E-state index contributed by atoms with van der Waals surface area (Å²) in [5.41, 5.74) is 4.18. The summed E-state index contributed by atoms with van der Waals surface area (Å²) in [6.45, 7) is 2.17. The van der Waals surface area contributed by atoms with Crippen molar-refractivity contribution in [2.24, 2.45) is 0 Å². The summed E-state index contributed by atoms with van der Waals surface area (Å²) in [6, 6.07) is 18.8. The van der Waals surface area contributed by atoms with E-state index in [1.54, 1.807) is 12.4 Å². The number of pyridine rings is 1. The second-order valence-corrected chi connectivity index (χ2v) is 8.55. The standard InChI is InChI=1S/C23H19FN2O2S/c1-16-4-2-3-5-20(16)21-11-6-17(23-15-25-13-12-22(21)23)14-26-29(27,28)19-9-7-18(24)8-10-19/h2-13,15,26H,14H2,1H3. The Hall–Kier alpha value is -3.09. The van der Waals surface area contributed by atoms with E-state index in [0.29, 0.717) is 0 Å². The lowest BCUT2D eigenvalue weighted by Gasteiger charge is -2.14. The van der Waals surface area contributed by atoms with Crippen molar-refractivity contribution in [2.75, 3.05) is 0 Å². The minimum absolute atomic E-state index is 0.0258. The average Bonchev–Trinajstić information content (AvgIpc) is 2.73. The number of fused-ring (bicyclic) bond motifs is 1. The summed E-state index contributed by atoms with van der Waals surface area (Å²) in [5, 5.41) is 1.89. The highest BCUT2D eigenvalue weighted by atomic mass is 32.2. The number of nitrogens with one attached hydrogen (secondary N) is 1. The van der Waals surface area contributed by atoms with E-state index in [0.717, 1.165) is 45.2 Å². The smallest absolute Gasteiger partial charge is 0.240 e. The first-order valence-electron chi connectivity index (χ1n) is 9.12. The lowest BCUT2D eigenvalue weighted by atomic mass is 9.94. The lowest BCUT2D eigenvalue weighted by molar-refractivity contribution is 0.580.